The van der Waals surface area contributed by atoms with Crippen molar-refractivity contribution in [3.05, 3.63) is 35.9 Å². The molecule has 0 spiro atoms. The zero-order chi connectivity index (χ0) is 35.8. The van der Waals surface area contributed by atoms with E-state index in [1.807, 2.05) is 20.8 Å². The van der Waals surface area contributed by atoms with Crippen LogP contribution in [0.5, 0.6) is 0 Å². The van der Waals surface area contributed by atoms with E-state index in [1.165, 1.54) is 19.1 Å². The van der Waals surface area contributed by atoms with Gasteiger partial charge < -0.3 is 43.4 Å². The monoisotopic (exact) mass is 702 g/mol. The van der Waals surface area contributed by atoms with Crippen LogP contribution in [-0.4, -0.2) is 98.6 Å². The second kappa shape index (κ2) is 15.3. The van der Waals surface area contributed by atoms with Crippen molar-refractivity contribution in [3.63, 3.8) is 0 Å². The highest BCUT2D eigenvalue weighted by Crippen LogP contribution is 2.72. The Balaban J connectivity index is 1.21. The van der Waals surface area contributed by atoms with Gasteiger partial charge in [0.1, 0.15) is 18.5 Å². The molecule has 13 atom stereocenters. The van der Waals surface area contributed by atoms with E-state index in [-0.39, 0.29) is 35.7 Å². The molecular formula is C41H66O9. The third-order valence-electron chi connectivity index (χ3n) is 14.5. The van der Waals surface area contributed by atoms with Crippen LogP contribution in [0.15, 0.2) is 30.3 Å². The summed E-state index contributed by atoms with van der Waals surface area (Å²) in [6, 6.07) is 11.1. The van der Waals surface area contributed by atoms with E-state index < -0.39 is 29.7 Å². The summed E-state index contributed by atoms with van der Waals surface area (Å²) in [5.74, 6) is 2.03. The van der Waals surface area contributed by atoms with Gasteiger partial charge in [0.15, 0.2) is 11.9 Å². The van der Waals surface area contributed by atoms with Gasteiger partial charge in [-0.3, -0.25) is 0 Å². The van der Waals surface area contributed by atoms with Gasteiger partial charge in [-0.25, -0.2) is 0 Å². The molecule has 1 heterocycles. The fraction of sp³-hybridized carbons (Fsp3) is 0.854. The number of hydrogen-bond acceptors (Lipinski definition) is 9. The first-order chi connectivity index (χ1) is 24.0. The summed E-state index contributed by atoms with van der Waals surface area (Å²) in [5, 5.41) is 24.0. The van der Waals surface area contributed by atoms with Gasteiger partial charge in [-0.2, -0.15) is 0 Å². The van der Waals surface area contributed by atoms with Gasteiger partial charge in [-0.15, -0.1) is 0 Å². The first-order valence-electron chi connectivity index (χ1n) is 19.7. The van der Waals surface area contributed by atoms with E-state index in [4.69, 9.17) is 33.2 Å². The maximum absolute atomic E-state index is 12.2. The lowest BCUT2D eigenvalue weighted by Crippen LogP contribution is -2.75. The predicted octanol–water partition coefficient (Wildman–Crippen LogP) is 6.63. The van der Waals surface area contributed by atoms with Gasteiger partial charge in [0.05, 0.1) is 31.0 Å². The van der Waals surface area contributed by atoms with Crippen molar-refractivity contribution in [2.45, 2.75) is 147 Å². The molecular weight excluding hydrogens is 636 g/mol. The normalized spacial score (nSPS) is 45.9. The Morgan fingerprint density at radius 2 is 1.50 bits per heavy atom. The average Bonchev–Trinajstić information content (AvgIpc) is 3.42. The minimum absolute atomic E-state index is 0.0301. The zero-order valence-electron chi connectivity index (χ0n) is 31.9. The topological polar surface area (TPSA) is 105 Å². The second-order valence-electron chi connectivity index (χ2n) is 16.6. The molecule has 9 nitrogen and oxygen atoms in total. The lowest BCUT2D eigenvalue weighted by molar-refractivity contribution is -0.386. The van der Waals surface area contributed by atoms with Crippen LogP contribution < -0.4 is 0 Å². The van der Waals surface area contributed by atoms with Crippen molar-refractivity contribution in [2.75, 3.05) is 46.9 Å². The van der Waals surface area contributed by atoms with Gasteiger partial charge in [-0.05, 0) is 120 Å². The van der Waals surface area contributed by atoms with Crippen LogP contribution in [0.3, 0.4) is 0 Å². The average molecular weight is 703 g/mol. The van der Waals surface area contributed by atoms with Crippen molar-refractivity contribution >= 4 is 0 Å². The minimum Gasteiger partial charge on any atom is -0.382 e. The maximum Gasteiger partial charge on any atom is 0.192 e. The van der Waals surface area contributed by atoms with E-state index in [0.717, 1.165) is 51.4 Å². The van der Waals surface area contributed by atoms with Crippen molar-refractivity contribution in [2.24, 2.45) is 28.6 Å². The molecule has 1 aromatic rings. The number of rotatable bonds is 14. The fourth-order valence-electron chi connectivity index (χ4n) is 11.9. The van der Waals surface area contributed by atoms with Crippen molar-refractivity contribution in [1.82, 2.24) is 0 Å². The smallest absolute Gasteiger partial charge is 0.192 e. The molecule has 5 aliphatic rings. The lowest BCUT2D eigenvalue weighted by Gasteiger charge is -2.65. The summed E-state index contributed by atoms with van der Waals surface area (Å²) in [5.41, 5.74) is -1.83. The Kier molecular flexibility index (Phi) is 11.8. The third kappa shape index (κ3) is 6.32. The first kappa shape index (κ1) is 38.6. The van der Waals surface area contributed by atoms with Crippen LogP contribution in [0, 0.1) is 28.6 Å². The Labute approximate surface area is 301 Å². The molecule has 1 aliphatic heterocycles. The van der Waals surface area contributed by atoms with Gasteiger partial charge in [0, 0.05) is 32.3 Å². The fourth-order valence-corrected chi connectivity index (χ4v) is 11.9. The molecule has 9 heteroatoms. The highest BCUT2D eigenvalue weighted by molar-refractivity contribution is 5.30. The molecule has 0 amide bonds. The predicted molar refractivity (Wildman–Crippen MR) is 191 cm³/mol. The molecule has 4 saturated carbocycles. The first-order valence-corrected chi connectivity index (χ1v) is 19.7. The van der Waals surface area contributed by atoms with Crippen LogP contribution in [0.25, 0.3) is 0 Å². The van der Waals surface area contributed by atoms with Gasteiger partial charge in [0.2, 0.25) is 0 Å². The largest absolute Gasteiger partial charge is 0.382 e. The Morgan fingerprint density at radius 1 is 0.800 bits per heavy atom. The summed E-state index contributed by atoms with van der Waals surface area (Å²) in [4.78, 5) is 0. The molecule has 4 aliphatic carbocycles. The highest BCUT2D eigenvalue weighted by atomic mass is 16.7. The molecule has 1 saturated heterocycles. The molecule has 2 N–H and O–H groups in total. The second-order valence-corrected chi connectivity index (χ2v) is 16.6. The number of benzene rings is 1. The summed E-state index contributed by atoms with van der Waals surface area (Å²) >= 11 is 0. The minimum atomic E-state index is -1.72. The number of fused-ring (bicyclic) bond motifs is 5. The molecule has 5 fully saturated rings. The molecule has 50 heavy (non-hydrogen) atoms. The number of aliphatic hydroxyl groups is 2. The summed E-state index contributed by atoms with van der Waals surface area (Å²) < 4.78 is 43.4. The Bertz CT molecular complexity index is 1250. The van der Waals surface area contributed by atoms with Gasteiger partial charge in [0.25, 0.3) is 0 Å². The number of hydrogen-bond donors (Lipinski definition) is 2. The van der Waals surface area contributed by atoms with Crippen LogP contribution in [-0.2, 0) is 33.2 Å². The molecule has 0 bridgehead atoms. The molecule has 6 rings (SSSR count). The van der Waals surface area contributed by atoms with Gasteiger partial charge in [-0.1, -0.05) is 44.2 Å². The van der Waals surface area contributed by atoms with Crippen LogP contribution in [0.4, 0.5) is 0 Å². The zero-order valence-corrected chi connectivity index (χ0v) is 31.9. The van der Waals surface area contributed by atoms with E-state index in [9.17, 15) is 10.2 Å². The molecule has 0 radical (unpaired) electrons. The quantitative estimate of drug-likeness (QED) is 0.126. The lowest BCUT2D eigenvalue weighted by atomic mass is 9.43. The van der Waals surface area contributed by atoms with Crippen LogP contribution in [0.1, 0.15) is 111 Å². The Hall–Kier alpha value is -1.14. The van der Waals surface area contributed by atoms with Crippen molar-refractivity contribution in [1.29, 1.82) is 0 Å². The van der Waals surface area contributed by atoms with Gasteiger partial charge >= 0.3 is 0 Å². The van der Waals surface area contributed by atoms with E-state index >= 15 is 0 Å². The Morgan fingerprint density at radius 3 is 2.18 bits per heavy atom. The van der Waals surface area contributed by atoms with Crippen molar-refractivity contribution in [3.8, 4) is 0 Å². The van der Waals surface area contributed by atoms with E-state index in [1.54, 1.807) is 6.92 Å². The number of ether oxygens (including phenoxy) is 7. The maximum atomic E-state index is 12.2. The summed E-state index contributed by atoms with van der Waals surface area (Å²) in [7, 11) is 1.50. The molecule has 1 aromatic carbocycles. The summed E-state index contributed by atoms with van der Waals surface area (Å²) in [6.45, 7) is 14.4. The van der Waals surface area contributed by atoms with Crippen LogP contribution >= 0.6 is 0 Å². The SMILES string of the molecule is CCOCO[C@]12CC[C@H](c3ccccc3)[C@@]1(C)CC[C@H]1[C@H]2CC[C@@H]2C[C@@H](O[C@@H]3O[C@@H](C)[C@@](O)(COCC)[C@@H](OC)[C@@]3(O)COCC)CC[C@@]21C. The van der Waals surface area contributed by atoms with E-state index in [2.05, 4.69) is 44.2 Å². The molecule has 0 unspecified atom stereocenters. The summed E-state index contributed by atoms with van der Waals surface area (Å²) in [6.07, 6.45) is 6.91. The molecule has 0 aromatic heterocycles. The van der Waals surface area contributed by atoms with Crippen molar-refractivity contribution < 1.29 is 43.4 Å². The highest BCUT2D eigenvalue weighted by Gasteiger charge is 2.69. The standard InChI is InChI=1S/C41H66O9/c1-8-45-25-39(42)28(4)49-36(40(43,26-46-9-2)35(39)44-7)50-31-18-21-37(5)30(24-31)16-17-34-33(37)19-22-38(6)32(29-14-12-11-13-15-29)20-23-41(34,38)48-27-47-10-3/h11-15,28,30-36,42-43H,8-10,16-27H2,1-7H3/t28-,30+,31-,32+,33-,34+,35+,36-,37-,38+,39-,40-,41-/m0/s1. The van der Waals surface area contributed by atoms with Crippen LogP contribution in [0.2, 0.25) is 0 Å². The third-order valence-corrected chi connectivity index (χ3v) is 14.5. The van der Waals surface area contributed by atoms with E-state index in [0.29, 0.717) is 50.3 Å². The number of methoxy groups -OCH3 is 1. The molecule has 284 valence electrons.